The van der Waals surface area contributed by atoms with Crippen LogP contribution in [-0.2, 0) is 9.59 Å². The second-order valence-corrected chi connectivity index (χ2v) is 6.41. The van der Waals surface area contributed by atoms with Crippen LogP contribution in [0, 0.1) is 10.5 Å². The average molecular weight is 399 g/mol. The van der Waals surface area contributed by atoms with Gasteiger partial charge in [0.05, 0.1) is 0 Å². The fraction of sp³-hybridized carbons (Fsp3) is 0.0526. The summed E-state index contributed by atoms with van der Waals surface area (Å²) in [6, 6.07) is 9.25. The van der Waals surface area contributed by atoms with Crippen LogP contribution in [0.1, 0.15) is 5.56 Å². The maximum Gasteiger partial charge on any atom is 0.265 e. The van der Waals surface area contributed by atoms with Gasteiger partial charge in [0.25, 0.3) is 11.8 Å². The minimum atomic E-state index is -0.586. The number of carbonyl (C=O) groups excluding carboxylic acids is 2. The summed E-state index contributed by atoms with van der Waals surface area (Å²) in [6.07, 6.45) is 4.67. The zero-order chi connectivity index (χ0) is 19.6. The number of benzene rings is 1. The van der Waals surface area contributed by atoms with Gasteiger partial charge in [0.15, 0.2) is 5.11 Å². The van der Waals surface area contributed by atoms with Gasteiger partial charge in [-0.2, -0.15) is 0 Å². The third kappa shape index (κ3) is 3.76. The minimum absolute atomic E-state index is 0.0371. The number of amides is 2. The summed E-state index contributed by atoms with van der Waals surface area (Å²) >= 11 is 10.5. The Bertz CT molecular complexity index is 1040. The van der Waals surface area contributed by atoms with Crippen molar-refractivity contribution in [1.82, 2.24) is 14.8 Å². The highest BCUT2D eigenvalue weighted by atomic mass is 32.1. The molecule has 3 rings (SSSR count). The molecule has 27 heavy (non-hydrogen) atoms. The molecule has 0 aliphatic carbocycles. The predicted octanol–water partition coefficient (Wildman–Crippen LogP) is 3.16. The lowest BCUT2D eigenvalue weighted by atomic mass is 10.1. The van der Waals surface area contributed by atoms with Gasteiger partial charge < -0.3 is 4.57 Å². The van der Waals surface area contributed by atoms with Crippen molar-refractivity contribution in [3.8, 4) is 5.69 Å². The van der Waals surface area contributed by atoms with E-state index in [9.17, 15) is 14.0 Å². The SMILES string of the molecule is C=CCN1C(=O)/C(=C/c2cccn(-c3ccc(F)cc3)c2=S)C(=O)NC1=S. The van der Waals surface area contributed by atoms with Gasteiger partial charge in [0.1, 0.15) is 16.0 Å². The lowest BCUT2D eigenvalue weighted by Crippen LogP contribution is -2.53. The third-order valence-electron chi connectivity index (χ3n) is 3.88. The quantitative estimate of drug-likeness (QED) is 0.371. The number of pyridine rings is 1. The van der Waals surface area contributed by atoms with E-state index in [1.54, 1.807) is 35.0 Å². The first-order valence-electron chi connectivity index (χ1n) is 7.89. The number of carbonyl (C=O) groups is 2. The average Bonchev–Trinajstić information content (AvgIpc) is 2.64. The number of hydrogen-bond acceptors (Lipinski definition) is 4. The second kappa shape index (κ2) is 7.73. The molecule has 136 valence electrons. The van der Waals surface area contributed by atoms with Crippen LogP contribution in [0.5, 0.6) is 0 Å². The molecule has 1 aliphatic rings. The normalized spacial score (nSPS) is 15.8. The van der Waals surface area contributed by atoms with Crippen molar-refractivity contribution in [3.05, 3.63) is 76.8 Å². The van der Waals surface area contributed by atoms with E-state index in [-0.39, 0.29) is 23.0 Å². The van der Waals surface area contributed by atoms with E-state index in [2.05, 4.69) is 11.9 Å². The number of thiocarbonyl (C=S) groups is 1. The lowest BCUT2D eigenvalue weighted by Gasteiger charge is -2.27. The molecule has 0 spiro atoms. The summed E-state index contributed by atoms with van der Waals surface area (Å²) in [5.41, 5.74) is 1.09. The van der Waals surface area contributed by atoms with E-state index in [1.165, 1.54) is 29.2 Å². The number of nitrogens with one attached hydrogen (secondary N) is 1. The van der Waals surface area contributed by atoms with Crippen LogP contribution >= 0.6 is 24.4 Å². The van der Waals surface area contributed by atoms with E-state index in [1.807, 2.05) is 0 Å². The highest BCUT2D eigenvalue weighted by Crippen LogP contribution is 2.18. The Kier molecular flexibility index (Phi) is 5.38. The van der Waals surface area contributed by atoms with E-state index in [4.69, 9.17) is 24.4 Å². The van der Waals surface area contributed by atoms with Crippen LogP contribution in [0.25, 0.3) is 11.8 Å². The molecule has 2 amide bonds. The standard InChI is InChI=1S/C19H14FN3O2S2/c1-2-9-23-17(25)15(16(24)21-19(23)27)11-12-4-3-10-22(18(12)26)14-7-5-13(20)6-8-14/h2-8,10-11H,1,9H2,(H,21,24,27)/b15-11+. The Balaban J connectivity index is 2.05. The van der Waals surface area contributed by atoms with Gasteiger partial charge in [0.2, 0.25) is 0 Å². The topological polar surface area (TPSA) is 54.3 Å². The first kappa shape index (κ1) is 18.8. The number of halogens is 1. The molecule has 1 fully saturated rings. The van der Waals surface area contributed by atoms with Crippen LogP contribution < -0.4 is 5.32 Å². The van der Waals surface area contributed by atoms with Crippen molar-refractivity contribution in [2.75, 3.05) is 6.54 Å². The van der Waals surface area contributed by atoms with Gasteiger partial charge in [-0.05, 0) is 48.6 Å². The maximum absolute atomic E-state index is 13.2. The number of nitrogens with zero attached hydrogens (tertiary/aromatic N) is 2. The first-order chi connectivity index (χ1) is 12.9. The molecule has 0 unspecified atom stereocenters. The van der Waals surface area contributed by atoms with Crippen LogP contribution in [0.4, 0.5) is 4.39 Å². The molecule has 2 aromatic rings. The van der Waals surface area contributed by atoms with Crippen LogP contribution in [0.3, 0.4) is 0 Å². The molecular formula is C19H14FN3O2S2. The first-order valence-corrected chi connectivity index (χ1v) is 8.71. The Morgan fingerprint density at radius 1 is 1.15 bits per heavy atom. The van der Waals surface area contributed by atoms with Gasteiger partial charge in [0, 0.05) is 24.0 Å². The highest BCUT2D eigenvalue weighted by molar-refractivity contribution is 7.80. The van der Waals surface area contributed by atoms with Gasteiger partial charge in [-0.25, -0.2) is 4.39 Å². The van der Waals surface area contributed by atoms with Crippen molar-refractivity contribution >= 4 is 47.4 Å². The van der Waals surface area contributed by atoms with E-state index in [0.29, 0.717) is 15.9 Å². The van der Waals surface area contributed by atoms with Crippen LogP contribution in [0.15, 0.2) is 60.8 Å². The molecule has 8 heteroatoms. The van der Waals surface area contributed by atoms with E-state index in [0.717, 1.165) is 0 Å². The van der Waals surface area contributed by atoms with Crippen molar-refractivity contribution in [2.24, 2.45) is 0 Å². The number of aromatic nitrogens is 1. The third-order valence-corrected chi connectivity index (χ3v) is 4.63. The van der Waals surface area contributed by atoms with E-state index < -0.39 is 11.8 Å². The summed E-state index contributed by atoms with van der Waals surface area (Å²) in [4.78, 5) is 26.1. The molecule has 5 nitrogen and oxygen atoms in total. The molecular weight excluding hydrogens is 385 g/mol. The molecule has 0 saturated carbocycles. The Morgan fingerprint density at radius 2 is 1.85 bits per heavy atom. The molecule has 0 bridgehead atoms. The largest absolute Gasteiger partial charge is 0.308 e. The molecule has 0 radical (unpaired) electrons. The maximum atomic E-state index is 13.2. The molecule has 1 saturated heterocycles. The lowest BCUT2D eigenvalue weighted by molar-refractivity contribution is -0.128. The minimum Gasteiger partial charge on any atom is -0.308 e. The summed E-state index contributed by atoms with van der Waals surface area (Å²) in [5.74, 6) is -1.46. The molecule has 0 atom stereocenters. The second-order valence-electron chi connectivity index (χ2n) is 5.64. The van der Waals surface area contributed by atoms with Crippen molar-refractivity contribution in [2.45, 2.75) is 0 Å². The zero-order valence-corrected chi connectivity index (χ0v) is 15.6. The number of rotatable bonds is 4. The monoisotopic (exact) mass is 399 g/mol. The van der Waals surface area contributed by atoms with Crippen LogP contribution in [0.2, 0.25) is 0 Å². The highest BCUT2D eigenvalue weighted by Gasteiger charge is 2.32. The van der Waals surface area contributed by atoms with Crippen molar-refractivity contribution in [3.63, 3.8) is 0 Å². The van der Waals surface area contributed by atoms with Gasteiger partial charge >= 0.3 is 0 Å². The smallest absolute Gasteiger partial charge is 0.265 e. The van der Waals surface area contributed by atoms with Gasteiger partial charge in [-0.1, -0.05) is 24.4 Å². The summed E-state index contributed by atoms with van der Waals surface area (Å²) in [6.45, 7) is 3.77. The summed E-state index contributed by atoms with van der Waals surface area (Å²) in [7, 11) is 0. The molecule has 1 aliphatic heterocycles. The summed E-state index contributed by atoms with van der Waals surface area (Å²) < 4.78 is 15.2. The molecule has 1 N–H and O–H groups in total. The Morgan fingerprint density at radius 3 is 2.52 bits per heavy atom. The Hall–Kier alpha value is -2.97. The Labute approximate surface area is 165 Å². The van der Waals surface area contributed by atoms with Crippen LogP contribution in [-0.4, -0.2) is 32.9 Å². The number of hydrogen-bond donors (Lipinski definition) is 1. The fourth-order valence-corrected chi connectivity index (χ4v) is 3.11. The van der Waals surface area contributed by atoms with E-state index >= 15 is 0 Å². The molecule has 2 heterocycles. The fourth-order valence-electron chi connectivity index (χ4n) is 2.57. The summed E-state index contributed by atoms with van der Waals surface area (Å²) in [5, 5.41) is 2.52. The van der Waals surface area contributed by atoms with Gasteiger partial charge in [-0.3, -0.25) is 19.8 Å². The van der Waals surface area contributed by atoms with Crippen molar-refractivity contribution < 1.29 is 14.0 Å². The van der Waals surface area contributed by atoms with Crippen molar-refractivity contribution in [1.29, 1.82) is 0 Å². The molecule has 1 aromatic carbocycles. The zero-order valence-electron chi connectivity index (χ0n) is 14.0. The molecule has 1 aromatic heterocycles. The van der Waals surface area contributed by atoms with Gasteiger partial charge in [-0.15, -0.1) is 6.58 Å². The predicted molar refractivity (Wildman–Crippen MR) is 107 cm³/mol.